The van der Waals surface area contributed by atoms with Gasteiger partial charge in [-0.15, -0.1) is 0 Å². The zero-order valence-corrected chi connectivity index (χ0v) is 17.0. The smallest absolute Gasteiger partial charge is 0.337 e. The van der Waals surface area contributed by atoms with Gasteiger partial charge in [0, 0.05) is 25.3 Å². The summed E-state index contributed by atoms with van der Waals surface area (Å²) < 4.78 is 14.4. The van der Waals surface area contributed by atoms with Gasteiger partial charge in [0.1, 0.15) is 5.82 Å². The number of rotatable bonds is 6. The van der Waals surface area contributed by atoms with Gasteiger partial charge in [-0.25, -0.2) is 14.8 Å². The van der Waals surface area contributed by atoms with Crippen molar-refractivity contribution in [3.63, 3.8) is 0 Å². The molecular formula is C22H24N4O3. The maximum absolute atomic E-state index is 11.9. The van der Waals surface area contributed by atoms with Crippen molar-refractivity contribution < 1.29 is 14.3 Å². The van der Waals surface area contributed by atoms with Crippen LogP contribution in [0.2, 0.25) is 0 Å². The number of carbonyl (C=O) groups excluding carboxylic acids is 1. The number of fused-ring (bicyclic) bond motifs is 2. The molecular weight excluding hydrogens is 368 g/mol. The monoisotopic (exact) mass is 392 g/mol. The summed E-state index contributed by atoms with van der Waals surface area (Å²) in [4.78, 5) is 21.3. The summed E-state index contributed by atoms with van der Waals surface area (Å²) in [5, 5.41) is 0. The van der Waals surface area contributed by atoms with E-state index in [9.17, 15) is 4.79 Å². The molecule has 0 fully saturated rings. The van der Waals surface area contributed by atoms with Crippen LogP contribution in [0.1, 0.15) is 30.2 Å². The van der Waals surface area contributed by atoms with Crippen LogP contribution in [0, 0.1) is 0 Å². The molecule has 2 aromatic heterocycles. The number of imidazole rings is 2. The Kier molecular flexibility index (Phi) is 5.07. The molecule has 0 spiro atoms. The lowest BCUT2D eigenvalue weighted by atomic mass is 10.2. The van der Waals surface area contributed by atoms with E-state index in [2.05, 4.69) is 46.2 Å². The average Bonchev–Trinajstić information content (AvgIpc) is 3.31. The Balaban J connectivity index is 1.86. The van der Waals surface area contributed by atoms with Crippen molar-refractivity contribution in [3.8, 4) is 11.4 Å². The summed E-state index contributed by atoms with van der Waals surface area (Å²) in [6, 6.07) is 12.0. The fraction of sp³-hybridized carbons (Fsp3) is 0.318. The highest BCUT2D eigenvalue weighted by Gasteiger charge is 2.16. The predicted molar refractivity (Wildman–Crippen MR) is 112 cm³/mol. The summed E-state index contributed by atoms with van der Waals surface area (Å²) in [6.45, 7) is 5.48. The lowest BCUT2D eigenvalue weighted by Gasteiger charge is -2.10. The number of nitrogens with zero attached hydrogens (tertiary/aromatic N) is 4. The first-order valence-electron chi connectivity index (χ1n) is 9.58. The van der Waals surface area contributed by atoms with E-state index in [0.717, 1.165) is 33.5 Å². The van der Waals surface area contributed by atoms with Crippen LogP contribution in [-0.2, 0) is 16.0 Å². The van der Waals surface area contributed by atoms with E-state index >= 15 is 0 Å². The number of esters is 1. The molecule has 0 saturated heterocycles. The second-order valence-corrected chi connectivity index (χ2v) is 7.22. The van der Waals surface area contributed by atoms with Crippen LogP contribution in [0.4, 0.5) is 0 Å². The Morgan fingerprint density at radius 2 is 1.86 bits per heavy atom. The van der Waals surface area contributed by atoms with E-state index in [1.165, 1.54) is 7.11 Å². The average molecular weight is 392 g/mol. The largest absolute Gasteiger partial charge is 0.465 e. The lowest BCUT2D eigenvalue weighted by Crippen LogP contribution is -2.06. The second-order valence-electron chi connectivity index (χ2n) is 7.22. The Labute approximate surface area is 168 Å². The SMILES string of the molecule is COCCn1c(-c2ccc3c(c2)ncn3C(C)C)nc2cc(C(=O)OC)ccc21. The van der Waals surface area contributed by atoms with E-state index in [4.69, 9.17) is 14.5 Å². The van der Waals surface area contributed by atoms with Gasteiger partial charge in [-0.3, -0.25) is 0 Å². The third-order valence-corrected chi connectivity index (χ3v) is 5.08. The van der Waals surface area contributed by atoms with Gasteiger partial charge in [0.2, 0.25) is 0 Å². The fourth-order valence-corrected chi connectivity index (χ4v) is 3.59. The van der Waals surface area contributed by atoms with E-state index in [-0.39, 0.29) is 5.97 Å². The molecule has 150 valence electrons. The molecule has 0 radical (unpaired) electrons. The molecule has 7 heteroatoms. The van der Waals surface area contributed by atoms with Gasteiger partial charge >= 0.3 is 5.97 Å². The molecule has 0 saturated carbocycles. The van der Waals surface area contributed by atoms with Crippen LogP contribution < -0.4 is 0 Å². The Hall–Kier alpha value is -3.19. The number of aromatic nitrogens is 4. The van der Waals surface area contributed by atoms with Crippen molar-refractivity contribution in [2.24, 2.45) is 0 Å². The maximum Gasteiger partial charge on any atom is 0.337 e. The van der Waals surface area contributed by atoms with Crippen LogP contribution in [0.15, 0.2) is 42.7 Å². The molecule has 0 aliphatic carbocycles. The molecule has 0 unspecified atom stereocenters. The quantitative estimate of drug-likeness (QED) is 0.463. The Bertz CT molecular complexity index is 1190. The van der Waals surface area contributed by atoms with Crippen molar-refractivity contribution in [2.45, 2.75) is 26.4 Å². The topological polar surface area (TPSA) is 71.2 Å². The maximum atomic E-state index is 11.9. The first-order valence-corrected chi connectivity index (χ1v) is 9.58. The second kappa shape index (κ2) is 7.67. The number of carbonyl (C=O) groups is 1. The number of hydrogen-bond acceptors (Lipinski definition) is 5. The molecule has 29 heavy (non-hydrogen) atoms. The molecule has 0 bridgehead atoms. The van der Waals surface area contributed by atoms with Crippen molar-refractivity contribution in [1.82, 2.24) is 19.1 Å². The normalized spacial score (nSPS) is 11.6. The Morgan fingerprint density at radius 1 is 1.07 bits per heavy atom. The van der Waals surface area contributed by atoms with Crippen LogP contribution in [0.5, 0.6) is 0 Å². The van der Waals surface area contributed by atoms with Gasteiger partial charge in [-0.1, -0.05) is 0 Å². The number of ether oxygens (including phenoxy) is 2. The number of hydrogen-bond donors (Lipinski definition) is 0. The fourth-order valence-electron chi connectivity index (χ4n) is 3.59. The van der Waals surface area contributed by atoms with Crippen LogP contribution in [0.25, 0.3) is 33.5 Å². The van der Waals surface area contributed by atoms with Gasteiger partial charge in [-0.05, 0) is 50.2 Å². The molecule has 0 amide bonds. The van der Waals surface area contributed by atoms with Gasteiger partial charge in [-0.2, -0.15) is 0 Å². The van der Waals surface area contributed by atoms with Crippen LogP contribution in [-0.4, -0.2) is 45.9 Å². The zero-order valence-electron chi connectivity index (χ0n) is 17.0. The number of benzene rings is 2. The molecule has 7 nitrogen and oxygen atoms in total. The number of methoxy groups -OCH3 is 2. The standard InChI is InChI=1S/C22H24N4O3/c1-14(2)26-13-23-17-11-15(5-7-19(17)26)21-24-18-12-16(22(27)29-4)6-8-20(18)25(21)9-10-28-3/h5-8,11-14H,9-10H2,1-4H3. The van der Waals surface area contributed by atoms with Crippen molar-refractivity contribution in [3.05, 3.63) is 48.3 Å². The third kappa shape index (κ3) is 3.38. The van der Waals surface area contributed by atoms with Gasteiger partial charge in [0.25, 0.3) is 0 Å². The molecule has 2 aromatic carbocycles. The molecule has 0 aliphatic heterocycles. The lowest BCUT2D eigenvalue weighted by molar-refractivity contribution is 0.0601. The minimum absolute atomic E-state index is 0.342. The highest BCUT2D eigenvalue weighted by molar-refractivity contribution is 5.94. The molecule has 0 aliphatic rings. The molecule has 0 atom stereocenters. The van der Waals surface area contributed by atoms with Crippen LogP contribution >= 0.6 is 0 Å². The summed E-state index contributed by atoms with van der Waals surface area (Å²) in [6.07, 6.45) is 1.87. The molecule has 2 heterocycles. The minimum atomic E-state index is -0.375. The minimum Gasteiger partial charge on any atom is -0.465 e. The predicted octanol–water partition coefficient (Wildman–Crippen LogP) is 4.07. The summed E-state index contributed by atoms with van der Waals surface area (Å²) in [5.41, 5.74) is 5.16. The van der Waals surface area contributed by atoms with E-state index in [1.807, 2.05) is 12.4 Å². The first-order chi connectivity index (χ1) is 14.0. The van der Waals surface area contributed by atoms with Crippen molar-refractivity contribution >= 4 is 28.0 Å². The highest BCUT2D eigenvalue weighted by Crippen LogP contribution is 2.29. The summed E-state index contributed by atoms with van der Waals surface area (Å²) in [7, 11) is 3.05. The zero-order chi connectivity index (χ0) is 20.5. The molecule has 4 aromatic rings. The third-order valence-electron chi connectivity index (χ3n) is 5.08. The highest BCUT2D eigenvalue weighted by atomic mass is 16.5. The van der Waals surface area contributed by atoms with Crippen molar-refractivity contribution in [1.29, 1.82) is 0 Å². The van der Waals surface area contributed by atoms with Gasteiger partial charge in [0.15, 0.2) is 0 Å². The molecule has 4 rings (SSSR count). The van der Waals surface area contributed by atoms with E-state index in [0.29, 0.717) is 24.8 Å². The first kappa shape index (κ1) is 19.1. The van der Waals surface area contributed by atoms with Crippen LogP contribution in [0.3, 0.4) is 0 Å². The van der Waals surface area contributed by atoms with E-state index in [1.54, 1.807) is 19.2 Å². The summed E-state index contributed by atoms with van der Waals surface area (Å²) >= 11 is 0. The van der Waals surface area contributed by atoms with Crippen molar-refractivity contribution in [2.75, 3.05) is 20.8 Å². The van der Waals surface area contributed by atoms with Gasteiger partial charge < -0.3 is 18.6 Å². The summed E-state index contributed by atoms with van der Waals surface area (Å²) in [5.74, 6) is 0.445. The molecule has 0 N–H and O–H groups in total. The van der Waals surface area contributed by atoms with E-state index < -0.39 is 0 Å². The Morgan fingerprint density at radius 3 is 2.59 bits per heavy atom. The van der Waals surface area contributed by atoms with Gasteiger partial charge in [0.05, 0.1) is 47.7 Å².